The normalized spacial score (nSPS) is 11.8. The summed E-state index contributed by atoms with van der Waals surface area (Å²) >= 11 is 0. The molecule has 0 aliphatic heterocycles. The number of hydrogen-bond acceptors (Lipinski definition) is 5. The minimum atomic E-state index is -0.456. The minimum absolute atomic E-state index is 0.109. The van der Waals surface area contributed by atoms with E-state index in [4.69, 9.17) is 4.52 Å². The van der Waals surface area contributed by atoms with Crippen LogP contribution < -0.4 is 5.32 Å². The number of nitrogens with one attached hydrogen (secondary N) is 2. The average molecular weight is 407 g/mol. The number of carbonyl (C=O) groups is 1. The number of aromatic nitrogens is 4. The highest BCUT2D eigenvalue weighted by Gasteiger charge is 2.20. The van der Waals surface area contributed by atoms with E-state index in [1.165, 1.54) is 6.07 Å². The number of amides is 1. The summed E-state index contributed by atoms with van der Waals surface area (Å²) in [4.78, 5) is 16.6. The summed E-state index contributed by atoms with van der Waals surface area (Å²) in [5.74, 6) is 0.151. The number of rotatable bonds is 4. The van der Waals surface area contributed by atoms with E-state index in [0.717, 1.165) is 16.6 Å². The minimum Gasteiger partial charge on any atom is -0.359 e. The molecule has 3 aromatic heterocycles. The monoisotopic (exact) mass is 407 g/mol. The quantitative estimate of drug-likeness (QED) is 0.518. The van der Waals surface area contributed by atoms with Crippen molar-refractivity contribution in [1.82, 2.24) is 20.3 Å². The van der Waals surface area contributed by atoms with Crippen LogP contribution in [-0.4, -0.2) is 26.2 Å². The predicted molar refractivity (Wildman–Crippen MR) is 112 cm³/mol. The predicted octanol–water partition coefficient (Wildman–Crippen LogP) is 4.54. The first-order valence-corrected chi connectivity index (χ1v) is 9.57. The maximum Gasteiger partial charge on any atom is 0.230 e. The molecule has 30 heavy (non-hydrogen) atoms. The van der Waals surface area contributed by atoms with Crippen molar-refractivity contribution < 1.29 is 13.7 Å². The SMILES string of the molecule is Cc1n[nH]c2ncc(-c3ccc(CC(=O)Nc4cc(C(C)(C)C)on4)c(F)c3)cc12. The fourth-order valence-electron chi connectivity index (χ4n) is 3.10. The third kappa shape index (κ3) is 3.94. The number of fused-ring (bicyclic) bond motifs is 1. The smallest absolute Gasteiger partial charge is 0.230 e. The third-order valence-corrected chi connectivity index (χ3v) is 4.86. The first kappa shape index (κ1) is 19.8. The van der Waals surface area contributed by atoms with Crippen molar-refractivity contribution in [2.75, 3.05) is 5.32 Å². The van der Waals surface area contributed by atoms with Crippen LogP contribution >= 0.6 is 0 Å². The number of carbonyl (C=O) groups excluding carboxylic acids is 1. The Morgan fingerprint density at radius 2 is 2.00 bits per heavy atom. The Kier molecular flexibility index (Phi) is 4.85. The zero-order valence-corrected chi connectivity index (χ0v) is 17.2. The van der Waals surface area contributed by atoms with Gasteiger partial charge in [0.15, 0.2) is 11.5 Å². The summed E-state index contributed by atoms with van der Waals surface area (Å²) in [5, 5.41) is 14.4. The second-order valence-corrected chi connectivity index (χ2v) is 8.29. The van der Waals surface area contributed by atoms with Gasteiger partial charge in [0, 0.05) is 28.6 Å². The molecule has 154 valence electrons. The molecule has 3 heterocycles. The van der Waals surface area contributed by atoms with Gasteiger partial charge in [-0.25, -0.2) is 9.37 Å². The summed E-state index contributed by atoms with van der Waals surface area (Å²) in [6.07, 6.45) is 1.56. The van der Waals surface area contributed by atoms with Crippen LogP contribution in [0.5, 0.6) is 0 Å². The molecule has 0 bridgehead atoms. The molecule has 2 N–H and O–H groups in total. The summed E-state index contributed by atoms with van der Waals surface area (Å²) in [7, 11) is 0. The molecular weight excluding hydrogens is 385 g/mol. The zero-order valence-electron chi connectivity index (χ0n) is 17.2. The van der Waals surface area contributed by atoms with E-state index in [0.29, 0.717) is 28.4 Å². The van der Waals surface area contributed by atoms with Crippen molar-refractivity contribution in [1.29, 1.82) is 0 Å². The topological polar surface area (TPSA) is 96.7 Å². The lowest BCUT2D eigenvalue weighted by Crippen LogP contribution is -2.15. The average Bonchev–Trinajstić information content (AvgIpc) is 3.30. The van der Waals surface area contributed by atoms with Crippen LogP contribution in [0.1, 0.15) is 37.8 Å². The Bertz CT molecular complexity index is 1240. The molecule has 0 fully saturated rings. The van der Waals surface area contributed by atoms with Gasteiger partial charge in [-0.15, -0.1) is 0 Å². The van der Waals surface area contributed by atoms with E-state index in [1.807, 2.05) is 33.8 Å². The number of hydrogen-bond donors (Lipinski definition) is 2. The molecular formula is C22H22FN5O2. The van der Waals surface area contributed by atoms with Crippen molar-refractivity contribution in [3.05, 3.63) is 59.4 Å². The Hall–Kier alpha value is -3.55. The van der Waals surface area contributed by atoms with Crippen molar-refractivity contribution in [2.24, 2.45) is 0 Å². The van der Waals surface area contributed by atoms with Crippen LogP contribution in [0, 0.1) is 12.7 Å². The number of nitrogens with zero attached hydrogens (tertiary/aromatic N) is 3. The van der Waals surface area contributed by atoms with Crippen molar-refractivity contribution >= 4 is 22.8 Å². The molecule has 1 amide bonds. The second-order valence-electron chi connectivity index (χ2n) is 8.29. The molecule has 4 rings (SSSR count). The number of aromatic amines is 1. The van der Waals surface area contributed by atoms with Crippen molar-refractivity contribution in [2.45, 2.75) is 39.5 Å². The van der Waals surface area contributed by atoms with Gasteiger partial charge >= 0.3 is 0 Å². The highest BCUT2D eigenvalue weighted by atomic mass is 19.1. The van der Waals surface area contributed by atoms with Crippen LogP contribution in [0.2, 0.25) is 0 Å². The van der Waals surface area contributed by atoms with Crippen LogP contribution in [0.25, 0.3) is 22.2 Å². The number of aryl methyl sites for hydroxylation is 1. The fourth-order valence-corrected chi connectivity index (χ4v) is 3.10. The molecule has 0 spiro atoms. The van der Waals surface area contributed by atoms with Gasteiger partial charge in [0.25, 0.3) is 0 Å². The third-order valence-electron chi connectivity index (χ3n) is 4.86. The molecule has 0 aliphatic rings. The van der Waals surface area contributed by atoms with Crippen molar-refractivity contribution in [3.8, 4) is 11.1 Å². The van der Waals surface area contributed by atoms with E-state index in [2.05, 4.69) is 25.7 Å². The molecule has 4 aromatic rings. The highest BCUT2D eigenvalue weighted by molar-refractivity contribution is 5.91. The molecule has 0 aliphatic carbocycles. The van der Waals surface area contributed by atoms with Gasteiger partial charge in [-0.3, -0.25) is 9.89 Å². The van der Waals surface area contributed by atoms with Gasteiger partial charge in [-0.1, -0.05) is 38.1 Å². The second kappa shape index (κ2) is 7.37. The Morgan fingerprint density at radius 3 is 2.70 bits per heavy atom. The number of H-pyrrole nitrogens is 1. The molecule has 1 aromatic carbocycles. The Balaban J connectivity index is 1.49. The fraction of sp³-hybridized carbons (Fsp3) is 0.273. The molecule has 0 radical (unpaired) electrons. The van der Waals surface area contributed by atoms with Crippen LogP contribution in [0.3, 0.4) is 0 Å². The van der Waals surface area contributed by atoms with Crippen molar-refractivity contribution in [3.63, 3.8) is 0 Å². The maximum absolute atomic E-state index is 14.7. The highest BCUT2D eigenvalue weighted by Crippen LogP contribution is 2.26. The van der Waals surface area contributed by atoms with E-state index in [-0.39, 0.29) is 17.7 Å². The Labute approximate surface area is 172 Å². The molecule has 0 unspecified atom stereocenters. The van der Waals surface area contributed by atoms with Gasteiger partial charge in [0.1, 0.15) is 11.6 Å². The van der Waals surface area contributed by atoms with E-state index in [1.54, 1.807) is 24.4 Å². The number of benzene rings is 1. The standard InChI is InChI=1S/C22H22FN5O2/c1-12-16-7-15(11-24-21(16)27-26-12)13-5-6-14(17(23)8-13)9-20(29)25-19-10-18(30-28-19)22(2,3)4/h5-8,10-11H,9H2,1-4H3,(H,24,26,27)(H,25,28,29). The number of halogens is 1. The van der Waals surface area contributed by atoms with Crippen LogP contribution in [0.4, 0.5) is 10.2 Å². The van der Waals surface area contributed by atoms with E-state index in [9.17, 15) is 9.18 Å². The molecule has 7 nitrogen and oxygen atoms in total. The summed E-state index contributed by atoms with van der Waals surface area (Å²) in [6, 6.07) is 8.39. The molecule has 0 saturated carbocycles. The van der Waals surface area contributed by atoms with Gasteiger partial charge in [-0.05, 0) is 30.2 Å². The largest absolute Gasteiger partial charge is 0.359 e. The first-order valence-electron chi connectivity index (χ1n) is 9.57. The van der Waals surface area contributed by atoms with Gasteiger partial charge in [0.2, 0.25) is 5.91 Å². The van der Waals surface area contributed by atoms with Gasteiger partial charge in [-0.2, -0.15) is 5.10 Å². The zero-order chi connectivity index (χ0) is 21.5. The maximum atomic E-state index is 14.7. The summed E-state index contributed by atoms with van der Waals surface area (Å²) in [6.45, 7) is 7.83. The van der Waals surface area contributed by atoms with E-state index >= 15 is 0 Å². The summed E-state index contributed by atoms with van der Waals surface area (Å²) < 4.78 is 19.9. The van der Waals surface area contributed by atoms with E-state index < -0.39 is 5.82 Å². The Morgan fingerprint density at radius 1 is 1.20 bits per heavy atom. The molecule has 8 heteroatoms. The lowest BCUT2D eigenvalue weighted by Gasteiger charge is -2.12. The van der Waals surface area contributed by atoms with Gasteiger partial charge in [0.05, 0.1) is 12.1 Å². The molecule has 0 saturated heterocycles. The number of pyridine rings is 1. The lowest BCUT2D eigenvalue weighted by atomic mass is 9.93. The first-order chi connectivity index (χ1) is 14.2. The lowest BCUT2D eigenvalue weighted by molar-refractivity contribution is -0.115. The molecule has 0 atom stereocenters. The summed E-state index contributed by atoms with van der Waals surface area (Å²) in [5.41, 5.74) is 3.05. The van der Waals surface area contributed by atoms with Crippen LogP contribution in [0.15, 0.2) is 41.1 Å². The van der Waals surface area contributed by atoms with Gasteiger partial charge < -0.3 is 9.84 Å². The van der Waals surface area contributed by atoms with Crippen LogP contribution in [-0.2, 0) is 16.6 Å². The number of anilines is 1.